The average molecular weight is 250 g/mol. The number of carbonyl (C=O) groups is 1. The van der Waals surface area contributed by atoms with Crippen molar-refractivity contribution in [1.82, 2.24) is 9.55 Å². The summed E-state index contributed by atoms with van der Waals surface area (Å²) in [6.45, 7) is 3.68. The van der Waals surface area contributed by atoms with Crippen LogP contribution in [0.2, 0.25) is 0 Å². The number of imidazole rings is 1. The highest BCUT2D eigenvalue weighted by atomic mass is 32.2. The maximum Gasteiger partial charge on any atom is 0.316 e. The normalized spacial score (nSPS) is 12.9. The van der Waals surface area contributed by atoms with Gasteiger partial charge in [-0.15, -0.1) is 0 Å². The molecule has 2 rings (SSSR count). The molecular weight excluding hydrogens is 236 g/mol. The highest BCUT2D eigenvalue weighted by Crippen LogP contribution is 2.26. The molecule has 1 aromatic carbocycles. The van der Waals surface area contributed by atoms with Gasteiger partial charge in [0.2, 0.25) is 0 Å². The summed E-state index contributed by atoms with van der Waals surface area (Å²) in [6.07, 6.45) is 0. The molecule has 0 aliphatic heterocycles. The molecule has 1 N–H and O–H groups in total. The fourth-order valence-corrected chi connectivity index (χ4v) is 2.43. The first-order valence-electron chi connectivity index (χ1n) is 5.31. The molecule has 0 fully saturated rings. The zero-order valence-electron chi connectivity index (χ0n) is 9.97. The first kappa shape index (κ1) is 12.0. The number of aliphatic carboxylic acids is 1. The molecule has 0 bridgehead atoms. The number of hydrogen-bond donors (Lipinski definition) is 1. The topological polar surface area (TPSA) is 55.1 Å². The lowest BCUT2D eigenvalue weighted by atomic mass is 10.2. The molecule has 90 valence electrons. The van der Waals surface area contributed by atoms with Crippen molar-refractivity contribution >= 4 is 28.8 Å². The van der Waals surface area contributed by atoms with Crippen molar-refractivity contribution in [2.75, 3.05) is 0 Å². The zero-order chi connectivity index (χ0) is 12.6. The summed E-state index contributed by atoms with van der Waals surface area (Å²) < 4.78 is 1.93. The highest BCUT2D eigenvalue weighted by molar-refractivity contribution is 8.00. The lowest BCUT2D eigenvalue weighted by Gasteiger charge is -2.05. The van der Waals surface area contributed by atoms with E-state index in [0.29, 0.717) is 0 Å². The van der Waals surface area contributed by atoms with Gasteiger partial charge >= 0.3 is 5.97 Å². The van der Waals surface area contributed by atoms with E-state index in [-0.39, 0.29) is 0 Å². The van der Waals surface area contributed by atoms with Crippen molar-refractivity contribution in [3.05, 3.63) is 23.8 Å². The van der Waals surface area contributed by atoms with Crippen LogP contribution >= 0.6 is 11.8 Å². The molecule has 1 aromatic heterocycles. The van der Waals surface area contributed by atoms with E-state index in [1.165, 1.54) is 11.8 Å². The smallest absolute Gasteiger partial charge is 0.316 e. The predicted octanol–water partition coefficient (Wildman–Crippen LogP) is 2.45. The number of fused-ring (bicyclic) bond motifs is 1. The minimum Gasteiger partial charge on any atom is -0.480 e. The summed E-state index contributed by atoms with van der Waals surface area (Å²) in [4.78, 5) is 15.3. The molecule has 1 heterocycles. The first-order chi connectivity index (χ1) is 7.99. The SMILES string of the molecule is Cc1ccc2c(c1)nc(SC(C)C(=O)O)n2C. The van der Waals surface area contributed by atoms with Crippen LogP contribution in [0.1, 0.15) is 12.5 Å². The molecule has 17 heavy (non-hydrogen) atoms. The average Bonchev–Trinajstić information content (AvgIpc) is 2.55. The van der Waals surface area contributed by atoms with Crippen LogP contribution in [0, 0.1) is 6.92 Å². The molecule has 0 spiro atoms. The highest BCUT2D eigenvalue weighted by Gasteiger charge is 2.17. The summed E-state index contributed by atoms with van der Waals surface area (Å²) in [5.74, 6) is -0.821. The van der Waals surface area contributed by atoms with Crippen LogP contribution in [0.3, 0.4) is 0 Å². The van der Waals surface area contributed by atoms with Crippen LogP contribution in [0.15, 0.2) is 23.4 Å². The van der Waals surface area contributed by atoms with Gasteiger partial charge in [0, 0.05) is 7.05 Å². The van der Waals surface area contributed by atoms with Crippen molar-refractivity contribution < 1.29 is 9.90 Å². The Morgan fingerprint density at radius 3 is 2.88 bits per heavy atom. The van der Waals surface area contributed by atoms with Gasteiger partial charge in [0.25, 0.3) is 0 Å². The lowest BCUT2D eigenvalue weighted by molar-refractivity contribution is -0.136. The maximum absolute atomic E-state index is 10.8. The van der Waals surface area contributed by atoms with Gasteiger partial charge in [0.15, 0.2) is 5.16 Å². The summed E-state index contributed by atoms with van der Waals surface area (Å²) in [5.41, 5.74) is 3.08. The van der Waals surface area contributed by atoms with E-state index in [0.717, 1.165) is 21.8 Å². The minimum atomic E-state index is -0.821. The van der Waals surface area contributed by atoms with Gasteiger partial charge in [-0.05, 0) is 31.5 Å². The van der Waals surface area contributed by atoms with Gasteiger partial charge in [-0.1, -0.05) is 17.8 Å². The van der Waals surface area contributed by atoms with Crippen LogP contribution < -0.4 is 0 Å². The molecule has 1 unspecified atom stereocenters. The second-order valence-electron chi connectivity index (χ2n) is 4.04. The van der Waals surface area contributed by atoms with Gasteiger partial charge in [-0.25, -0.2) is 4.98 Å². The minimum absolute atomic E-state index is 0.494. The Labute approximate surface area is 104 Å². The van der Waals surface area contributed by atoms with Gasteiger partial charge < -0.3 is 9.67 Å². The first-order valence-corrected chi connectivity index (χ1v) is 6.19. The van der Waals surface area contributed by atoms with Crippen molar-refractivity contribution in [2.24, 2.45) is 7.05 Å². The molecule has 5 heteroatoms. The molecule has 0 radical (unpaired) electrons. The van der Waals surface area contributed by atoms with E-state index in [9.17, 15) is 4.79 Å². The third-order valence-electron chi connectivity index (χ3n) is 2.63. The summed E-state index contributed by atoms with van der Waals surface area (Å²) in [7, 11) is 1.90. The quantitative estimate of drug-likeness (QED) is 0.850. The van der Waals surface area contributed by atoms with Crippen LogP contribution in [0.25, 0.3) is 11.0 Å². The molecule has 2 aromatic rings. The molecule has 1 atom stereocenters. The van der Waals surface area contributed by atoms with E-state index in [2.05, 4.69) is 4.98 Å². The Morgan fingerprint density at radius 1 is 1.53 bits per heavy atom. The zero-order valence-corrected chi connectivity index (χ0v) is 10.8. The van der Waals surface area contributed by atoms with Crippen molar-refractivity contribution in [1.29, 1.82) is 0 Å². The summed E-state index contributed by atoms with van der Waals surface area (Å²) >= 11 is 1.26. The Kier molecular flexibility index (Phi) is 3.11. The summed E-state index contributed by atoms with van der Waals surface area (Å²) in [6, 6.07) is 6.04. The van der Waals surface area contributed by atoms with Crippen molar-refractivity contribution in [3.63, 3.8) is 0 Å². The van der Waals surface area contributed by atoms with E-state index in [1.807, 2.05) is 36.7 Å². The van der Waals surface area contributed by atoms with Gasteiger partial charge in [0.05, 0.1) is 11.0 Å². The van der Waals surface area contributed by atoms with Crippen molar-refractivity contribution in [2.45, 2.75) is 24.3 Å². The number of benzene rings is 1. The van der Waals surface area contributed by atoms with E-state index >= 15 is 0 Å². The van der Waals surface area contributed by atoms with Crippen LogP contribution in [-0.2, 0) is 11.8 Å². The number of aryl methyl sites for hydroxylation is 2. The number of nitrogens with zero attached hydrogens (tertiary/aromatic N) is 2. The van der Waals surface area contributed by atoms with E-state index in [4.69, 9.17) is 5.11 Å². The Balaban J connectivity index is 2.42. The standard InChI is InChI=1S/C12H14N2O2S/c1-7-4-5-10-9(6-7)13-12(14(10)3)17-8(2)11(15)16/h4-6,8H,1-3H3,(H,15,16). The fraction of sp³-hybridized carbons (Fsp3) is 0.333. The third kappa shape index (κ3) is 2.29. The van der Waals surface area contributed by atoms with E-state index < -0.39 is 11.2 Å². The van der Waals surface area contributed by atoms with Gasteiger partial charge in [-0.3, -0.25) is 4.79 Å². The number of hydrogen-bond acceptors (Lipinski definition) is 3. The number of carboxylic acid groups (broad SMARTS) is 1. The second-order valence-corrected chi connectivity index (χ2v) is 5.35. The lowest BCUT2D eigenvalue weighted by Crippen LogP contribution is -2.12. The molecule has 0 saturated carbocycles. The number of thioether (sulfide) groups is 1. The predicted molar refractivity (Wildman–Crippen MR) is 68.4 cm³/mol. The van der Waals surface area contributed by atoms with Crippen molar-refractivity contribution in [3.8, 4) is 0 Å². The van der Waals surface area contributed by atoms with Crippen LogP contribution in [-0.4, -0.2) is 25.9 Å². The van der Waals surface area contributed by atoms with Gasteiger partial charge in [-0.2, -0.15) is 0 Å². The third-order valence-corrected chi connectivity index (χ3v) is 3.76. The molecule has 0 aliphatic rings. The second kappa shape index (κ2) is 4.41. The number of rotatable bonds is 3. The van der Waals surface area contributed by atoms with Gasteiger partial charge in [0.1, 0.15) is 5.25 Å². The Morgan fingerprint density at radius 2 is 2.24 bits per heavy atom. The van der Waals surface area contributed by atoms with Crippen LogP contribution in [0.4, 0.5) is 0 Å². The molecular formula is C12H14N2O2S. The molecule has 0 aliphatic carbocycles. The number of aromatic nitrogens is 2. The molecule has 4 nitrogen and oxygen atoms in total. The summed E-state index contributed by atoms with van der Waals surface area (Å²) in [5, 5.41) is 9.14. The molecule has 0 amide bonds. The Bertz CT molecular complexity index is 577. The van der Waals surface area contributed by atoms with Crippen LogP contribution in [0.5, 0.6) is 0 Å². The monoisotopic (exact) mass is 250 g/mol. The fourth-order valence-electron chi connectivity index (χ4n) is 1.60. The largest absolute Gasteiger partial charge is 0.480 e. The maximum atomic E-state index is 10.8. The van der Waals surface area contributed by atoms with E-state index in [1.54, 1.807) is 6.92 Å². The number of carboxylic acids is 1. The molecule has 0 saturated heterocycles. The Hall–Kier alpha value is -1.49.